The molecule has 106 valence electrons. The lowest BCUT2D eigenvalue weighted by molar-refractivity contribution is -0.166. The summed E-state index contributed by atoms with van der Waals surface area (Å²) in [5.41, 5.74) is 0.353. The average Bonchev–Trinajstić information content (AvgIpc) is 2.25. The van der Waals surface area contributed by atoms with Crippen molar-refractivity contribution in [3.8, 4) is 0 Å². The minimum Gasteiger partial charge on any atom is -0.461 e. The number of carbonyl (C=O) groups excluding carboxylic acids is 2. The maximum atomic E-state index is 11.1. The summed E-state index contributed by atoms with van der Waals surface area (Å²) in [6.45, 7) is 11.2. The Morgan fingerprint density at radius 2 is 1.61 bits per heavy atom. The maximum Gasteiger partial charge on any atom is 0.417 e. The third-order valence-corrected chi connectivity index (χ3v) is 3.10. The zero-order valence-corrected chi connectivity index (χ0v) is 12.5. The van der Waals surface area contributed by atoms with Crippen LogP contribution in [0.5, 0.6) is 0 Å². The van der Waals surface area contributed by atoms with Crippen LogP contribution < -0.4 is 0 Å². The fourth-order valence-electron chi connectivity index (χ4n) is 2.20. The number of ether oxygens (including phenoxy) is 2. The van der Waals surface area contributed by atoms with E-state index in [1.165, 1.54) is 7.11 Å². The molecule has 0 aliphatic rings. The molecule has 0 N–H and O–H groups in total. The first-order valence-corrected chi connectivity index (χ1v) is 6.38. The summed E-state index contributed by atoms with van der Waals surface area (Å²) in [6, 6.07) is 0. The molecule has 0 bridgehead atoms. The van der Waals surface area contributed by atoms with Crippen LogP contribution in [0.25, 0.3) is 0 Å². The number of carbonyl (C=O) groups is 2. The highest BCUT2D eigenvalue weighted by Gasteiger charge is 2.29. The maximum absolute atomic E-state index is 11.1. The normalized spacial score (nSPS) is 14.8. The first-order chi connectivity index (χ1) is 8.13. The van der Waals surface area contributed by atoms with Crippen molar-refractivity contribution >= 4 is 11.9 Å². The van der Waals surface area contributed by atoms with E-state index < -0.39 is 11.9 Å². The van der Waals surface area contributed by atoms with E-state index in [1.807, 2.05) is 0 Å². The van der Waals surface area contributed by atoms with Crippen LogP contribution in [0.15, 0.2) is 0 Å². The van der Waals surface area contributed by atoms with Gasteiger partial charge in [0.05, 0.1) is 13.7 Å². The standard InChI is InChI=1S/C14H26O4/c1-7-14(5,10-13(2,3)4)8-9-18-12(16)11(15)17-6/h7-10H2,1-6H3. The molecule has 4 heteroatoms. The number of methoxy groups -OCH3 is 1. The molecular formula is C14H26O4. The smallest absolute Gasteiger partial charge is 0.417 e. The summed E-state index contributed by atoms with van der Waals surface area (Å²) in [5, 5.41) is 0. The van der Waals surface area contributed by atoms with Gasteiger partial charge in [-0.25, -0.2) is 9.59 Å². The molecule has 0 heterocycles. The molecule has 18 heavy (non-hydrogen) atoms. The van der Waals surface area contributed by atoms with Gasteiger partial charge in [0.2, 0.25) is 0 Å². The summed E-state index contributed by atoms with van der Waals surface area (Å²) < 4.78 is 9.18. The van der Waals surface area contributed by atoms with Crippen molar-refractivity contribution in [3.05, 3.63) is 0 Å². The van der Waals surface area contributed by atoms with Crippen LogP contribution >= 0.6 is 0 Å². The molecule has 0 aliphatic carbocycles. The monoisotopic (exact) mass is 258 g/mol. The number of rotatable bonds is 5. The summed E-state index contributed by atoms with van der Waals surface area (Å²) >= 11 is 0. The molecule has 0 spiro atoms. The molecule has 1 atom stereocenters. The summed E-state index contributed by atoms with van der Waals surface area (Å²) in [6.07, 6.45) is 2.82. The highest BCUT2D eigenvalue weighted by atomic mass is 16.6. The van der Waals surface area contributed by atoms with Gasteiger partial charge in [-0.05, 0) is 23.7 Å². The Hall–Kier alpha value is -1.06. The molecule has 0 aromatic carbocycles. The lowest BCUT2D eigenvalue weighted by atomic mass is 9.72. The molecule has 0 radical (unpaired) electrons. The van der Waals surface area contributed by atoms with E-state index in [0.717, 1.165) is 19.3 Å². The Labute approximate surface area is 110 Å². The van der Waals surface area contributed by atoms with Crippen LogP contribution in [-0.4, -0.2) is 25.7 Å². The molecule has 0 saturated heterocycles. The van der Waals surface area contributed by atoms with Crippen molar-refractivity contribution in [2.45, 2.75) is 53.9 Å². The lowest BCUT2D eigenvalue weighted by Gasteiger charge is -2.34. The van der Waals surface area contributed by atoms with E-state index in [1.54, 1.807) is 0 Å². The number of hydrogen-bond acceptors (Lipinski definition) is 4. The Morgan fingerprint density at radius 3 is 2.00 bits per heavy atom. The fourth-order valence-corrected chi connectivity index (χ4v) is 2.20. The first-order valence-electron chi connectivity index (χ1n) is 6.38. The van der Waals surface area contributed by atoms with Gasteiger partial charge in [0.25, 0.3) is 0 Å². The molecule has 4 nitrogen and oxygen atoms in total. The third kappa shape index (κ3) is 6.62. The Morgan fingerprint density at radius 1 is 1.06 bits per heavy atom. The molecular weight excluding hydrogens is 232 g/mol. The van der Waals surface area contributed by atoms with Gasteiger partial charge in [-0.15, -0.1) is 0 Å². The minimum absolute atomic E-state index is 0.120. The number of hydrogen-bond donors (Lipinski definition) is 0. The predicted molar refractivity (Wildman–Crippen MR) is 70.1 cm³/mol. The first kappa shape index (κ1) is 16.9. The quantitative estimate of drug-likeness (QED) is 0.562. The molecule has 1 unspecified atom stereocenters. The molecule has 0 saturated carbocycles. The van der Waals surface area contributed by atoms with Crippen LogP contribution in [0.4, 0.5) is 0 Å². The van der Waals surface area contributed by atoms with Crippen molar-refractivity contribution in [2.24, 2.45) is 10.8 Å². The second kappa shape index (κ2) is 6.76. The van der Waals surface area contributed by atoms with E-state index in [4.69, 9.17) is 4.74 Å². The van der Waals surface area contributed by atoms with Crippen LogP contribution in [0.3, 0.4) is 0 Å². The van der Waals surface area contributed by atoms with Gasteiger partial charge in [-0.3, -0.25) is 0 Å². The van der Waals surface area contributed by atoms with Gasteiger partial charge in [-0.2, -0.15) is 0 Å². The molecule has 0 aliphatic heterocycles. The SMILES string of the molecule is CCC(C)(CCOC(=O)C(=O)OC)CC(C)(C)C. The second-order valence-electron chi connectivity index (χ2n) is 6.28. The predicted octanol–water partition coefficient (Wildman–Crippen LogP) is 2.95. The lowest BCUT2D eigenvalue weighted by Crippen LogP contribution is -2.27. The van der Waals surface area contributed by atoms with Crippen molar-refractivity contribution in [3.63, 3.8) is 0 Å². The van der Waals surface area contributed by atoms with E-state index >= 15 is 0 Å². The van der Waals surface area contributed by atoms with Gasteiger partial charge < -0.3 is 9.47 Å². The molecule has 0 rings (SSSR count). The average molecular weight is 258 g/mol. The fraction of sp³-hybridized carbons (Fsp3) is 0.857. The zero-order valence-electron chi connectivity index (χ0n) is 12.5. The van der Waals surface area contributed by atoms with E-state index in [-0.39, 0.29) is 17.4 Å². The summed E-state index contributed by atoms with van der Waals surface area (Å²) in [4.78, 5) is 22.0. The van der Waals surface area contributed by atoms with E-state index in [0.29, 0.717) is 0 Å². The Bertz CT molecular complexity index is 291. The largest absolute Gasteiger partial charge is 0.461 e. The summed E-state index contributed by atoms with van der Waals surface area (Å²) in [5.74, 6) is -1.85. The summed E-state index contributed by atoms with van der Waals surface area (Å²) in [7, 11) is 1.17. The van der Waals surface area contributed by atoms with Gasteiger partial charge >= 0.3 is 11.9 Å². The van der Waals surface area contributed by atoms with Crippen molar-refractivity contribution in [2.75, 3.05) is 13.7 Å². The Balaban J connectivity index is 4.23. The molecule has 0 amide bonds. The van der Waals surface area contributed by atoms with E-state index in [2.05, 4.69) is 39.4 Å². The van der Waals surface area contributed by atoms with Gasteiger partial charge in [-0.1, -0.05) is 41.0 Å². The van der Waals surface area contributed by atoms with Gasteiger partial charge in [0, 0.05) is 0 Å². The molecule has 0 aromatic heterocycles. The van der Waals surface area contributed by atoms with Crippen LogP contribution in [0.2, 0.25) is 0 Å². The van der Waals surface area contributed by atoms with Crippen molar-refractivity contribution in [1.82, 2.24) is 0 Å². The van der Waals surface area contributed by atoms with Crippen molar-refractivity contribution in [1.29, 1.82) is 0 Å². The zero-order chi connectivity index (χ0) is 14.4. The topological polar surface area (TPSA) is 52.6 Å². The number of esters is 2. The van der Waals surface area contributed by atoms with Crippen LogP contribution in [0, 0.1) is 10.8 Å². The second-order valence-corrected chi connectivity index (χ2v) is 6.28. The molecule has 0 fully saturated rings. The Kier molecular flexibility index (Phi) is 6.36. The van der Waals surface area contributed by atoms with Crippen molar-refractivity contribution < 1.29 is 19.1 Å². The third-order valence-electron chi connectivity index (χ3n) is 3.10. The van der Waals surface area contributed by atoms with Gasteiger partial charge in [0.15, 0.2) is 0 Å². The van der Waals surface area contributed by atoms with Crippen LogP contribution in [-0.2, 0) is 19.1 Å². The highest BCUT2D eigenvalue weighted by molar-refractivity contribution is 6.29. The highest BCUT2D eigenvalue weighted by Crippen LogP contribution is 2.38. The van der Waals surface area contributed by atoms with E-state index in [9.17, 15) is 9.59 Å². The van der Waals surface area contributed by atoms with Crippen LogP contribution in [0.1, 0.15) is 53.9 Å². The molecule has 0 aromatic rings. The minimum atomic E-state index is -0.941. The van der Waals surface area contributed by atoms with Gasteiger partial charge in [0.1, 0.15) is 0 Å².